The Hall–Kier alpha value is -1.95. The van der Waals surface area contributed by atoms with E-state index in [9.17, 15) is 9.59 Å². The van der Waals surface area contributed by atoms with Crippen LogP contribution in [0.4, 0.5) is 11.4 Å². The number of hydrogen-bond acceptors (Lipinski definition) is 3. The summed E-state index contributed by atoms with van der Waals surface area (Å²) in [6.07, 6.45) is 5.46. The zero-order chi connectivity index (χ0) is 16.7. The number of rotatable bonds is 7. The SMILES string of the molecule is CCCCCC(=O)Nc1cccc(NC(=S)NC(=O)C2CC2)c1. The maximum atomic E-state index is 11.8. The van der Waals surface area contributed by atoms with Crippen LogP contribution < -0.4 is 16.0 Å². The van der Waals surface area contributed by atoms with Crippen molar-refractivity contribution < 1.29 is 9.59 Å². The summed E-state index contributed by atoms with van der Waals surface area (Å²) in [7, 11) is 0. The molecule has 0 radical (unpaired) electrons. The van der Waals surface area contributed by atoms with Gasteiger partial charge in [-0.15, -0.1) is 0 Å². The molecule has 0 unspecified atom stereocenters. The molecule has 1 aliphatic carbocycles. The first-order chi connectivity index (χ1) is 11.1. The predicted molar refractivity (Wildman–Crippen MR) is 96.3 cm³/mol. The molecule has 124 valence electrons. The Labute approximate surface area is 142 Å². The van der Waals surface area contributed by atoms with Gasteiger partial charge in [0.2, 0.25) is 11.8 Å². The van der Waals surface area contributed by atoms with E-state index in [1.54, 1.807) is 6.07 Å². The predicted octanol–water partition coefficient (Wildman–Crippen LogP) is 3.43. The zero-order valence-corrected chi connectivity index (χ0v) is 14.2. The highest BCUT2D eigenvalue weighted by atomic mass is 32.1. The highest BCUT2D eigenvalue weighted by Crippen LogP contribution is 2.28. The van der Waals surface area contributed by atoms with Crippen LogP contribution in [-0.4, -0.2) is 16.9 Å². The Bertz CT molecular complexity index is 585. The number of nitrogens with one attached hydrogen (secondary N) is 3. The molecule has 0 saturated heterocycles. The molecule has 23 heavy (non-hydrogen) atoms. The lowest BCUT2D eigenvalue weighted by atomic mass is 10.2. The van der Waals surface area contributed by atoms with Crippen molar-refractivity contribution in [1.29, 1.82) is 0 Å². The fourth-order valence-electron chi connectivity index (χ4n) is 2.16. The molecule has 2 rings (SSSR count). The summed E-state index contributed by atoms with van der Waals surface area (Å²) in [5.41, 5.74) is 1.45. The summed E-state index contributed by atoms with van der Waals surface area (Å²) in [5, 5.41) is 8.81. The Morgan fingerprint density at radius 3 is 2.52 bits per heavy atom. The van der Waals surface area contributed by atoms with E-state index in [0.29, 0.717) is 12.1 Å². The summed E-state index contributed by atoms with van der Waals surface area (Å²) in [4.78, 5) is 23.5. The smallest absolute Gasteiger partial charge is 0.229 e. The fraction of sp³-hybridized carbons (Fsp3) is 0.471. The van der Waals surface area contributed by atoms with E-state index in [-0.39, 0.29) is 22.8 Å². The molecule has 0 spiro atoms. The number of anilines is 2. The molecule has 1 aromatic carbocycles. The van der Waals surface area contributed by atoms with Crippen molar-refractivity contribution in [2.24, 2.45) is 5.92 Å². The largest absolute Gasteiger partial charge is 0.332 e. The number of hydrogen-bond donors (Lipinski definition) is 3. The average Bonchev–Trinajstić information content (AvgIpc) is 3.32. The number of carbonyl (C=O) groups is 2. The minimum Gasteiger partial charge on any atom is -0.332 e. The molecule has 5 nitrogen and oxygen atoms in total. The molecule has 1 fully saturated rings. The van der Waals surface area contributed by atoms with Crippen LogP contribution >= 0.6 is 12.2 Å². The molecule has 6 heteroatoms. The van der Waals surface area contributed by atoms with Gasteiger partial charge in [-0.2, -0.15) is 0 Å². The van der Waals surface area contributed by atoms with Crippen LogP contribution in [0, 0.1) is 5.92 Å². The molecule has 2 amide bonds. The van der Waals surface area contributed by atoms with Crippen LogP contribution in [0.2, 0.25) is 0 Å². The highest BCUT2D eigenvalue weighted by Gasteiger charge is 2.29. The lowest BCUT2D eigenvalue weighted by Gasteiger charge is -2.11. The van der Waals surface area contributed by atoms with E-state index in [2.05, 4.69) is 22.9 Å². The number of amides is 2. The fourth-order valence-corrected chi connectivity index (χ4v) is 2.37. The molecule has 3 N–H and O–H groups in total. The van der Waals surface area contributed by atoms with Crippen LogP contribution in [0.15, 0.2) is 24.3 Å². The summed E-state index contributed by atoms with van der Waals surface area (Å²) < 4.78 is 0. The summed E-state index contributed by atoms with van der Waals surface area (Å²) >= 11 is 5.13. The third-order valence-electron chi connectivity index (χ3n) is 3.60. The lowest BCUT2D eigenvalue weighted by Crippen LogP contribution is -2.35. The quantitative estimate of drug-likeness (QED) is 0.528. The second-order valence-electron chi connectivity index (χ2n) is 5.80. The summed E-state index contributed by atoms with van der Waals surface area (Å²) in [6.45, 7) is 2.11. The molecule has 0 aromatic heterocycles. The first-order valence-electron chi connectivity index (χ1n) is 8.10. The first-order valence-corrected chi connectivity index (χ1v) is 8.51. The second kappa shape index (κ2) is 8.62. The maximum Gasteiger partial charge on any atom is 0.229 e. The molecule has 0 bridgehead atoms. The standard InChI is InChI=1S/C17H23N3O2S/c1-2-3-4-8-15(21)18-13-6-5-7-14(11-13)19-17(23)20-16(22)12-9-10-12/h5-7,11-12H,2-4,8-10H2,1H3,(H,18,21)(H2,19,20,22,23). The Morgan fingerprint density at radius 1 is 1.17 bits per heavy atom. The van der Waals surface area contributed by atoms with Crippen molar-refractivity contribution in [3.8, 4) is 0 Å². The molecule has 0 atom stereocenters. The van der Waals surface area contributed by atoms with Gasteiger partial charge < -0.3 is 16.0 Å². The molecule has 1 aliphatic rings. The number of benzene rings is 1. The van der Waals surface area contributed by atoms with Gasteiger partial charge in [0.1, 0.15) is 0 Å². The van der Waals surface area contributed by atoms with Gasteiger partial charge in [-0.25, -0.2) is 0 Å². The minimum atomic E-state index is -0.0251. The van der Waals surface area contributed by atoms with Gasteiger partial charge in [0, 0.05) is 23.7 Å². The van der Waals surface area contributed by atoms with Gasteiger partial charge >= 0.3 is 0 Å². The molecule has 0 heterocycles. The lowest BCUT2D eigenvalue weighted by molar-refractivity contribution is -0.120. The van der Waals surface area contributed by atoms with Crippen molar-refractivity contribution in [2.75, 3.05) is 10.6 Å². The van der Waals surface area contributed by atoms with Crippen molar-refractivity contribution in [1.82, 2.24) is 5.32 Å². The topological polar surface area (TPSA) is 70.2 Å². The summed E-state index contributed by atoms with van der Waals surface area (Å²) in [5.74, 6) is 0.103. The van der Waals surface area contributed by atoms with Crippen LogP contribution in [0.5, 0.6) is 0 Å². The van der Waals surface area contributed by atoms with Crippen molar-refractivity contribution >= 4 is 40.5 Å². The van der Waals surface area contributed by atoms with E-state index in [1.807, 2.05) is 18.2 Å². The molecular weight excluding hydrogens is 310 g/mol. The normalized spacial score (nSPS) is 13.3. The average molecular weight is 333 g/mol. The van der Waals surface area contributed by atoms with Gasteiger partial charge in [-0.3, -0.25) is 9.59 Å². The van der Waals surface area contributed by atoms with Gasteiger partial charge in [0.15, 0.2) is 5.11 Å². The van der Waals surface area contributed by atoms with E-state index in [0.717, 1.165) is 37.8 Å². The monoisotopic (exact) mass is 333 g/mol. The van der Waals surface area contributed by atoms with Crippen LogP contribution in [0.1, 0.15) is 45.4 Å². The molecule has 0 aliphatic heterocycles. The van der Waals surface area contributed by atoms with Crippen molar-refractivity contribution in [3.05, 3.63) is 24.3 Å². The van der Waals surface area contributed by atoms with E-state index >= 15 is 0 Å². The molecular formula is C17H23N3O2S. The van der Waals surface area contributed by atoms with Crippen LogP contribution in [-0.2, 0) is 9.59 Å². The van der Waals surface area contributed by atoms with Crippen LogP contribution in [0.25, 0.3) is 0 Å². The van der Waals surface area contributed by atoms with Crippen molar-refractivity contribution in [2.45, 2.75) is 45.4 Å². The zero-order valence-electron chi connectivity index (χ0n) is 13.4. The Balaban J connectivity index is 1.82. The third-order valence-corrected chi connectivity index (χ3v) is 3.80. The Morgan fingerprint density at radius 2 is 1.87 bits per heavy atom. The van der Waals surface area contributed by atoms with Gasteiger partial charge in [-0.05, 0) is 49.7 Å². The number of thiocarbonyl (C=S) groups is 1. The van der Waals surface area contributed by atoms with E-state index in [4.69, 9.17) is 12.2 Å². The first kappa shape index (κ1) is 17.4. The molecule has 1 aromatic rings. The maximum absolute atomic E-state index is 11.8. The van der Waals surface area contributed by atoms with Gasteiger partial charge in [0.05, 0.1) is 0 Å². The number of carbonyl (C=O) groups excluding carboxylic acids is 2. The highest BCUT2D eigenvalue weighted by molar-refractivity contribution is 7.80. The van der Waals surface area contributed by atoms with E-state index < -0.39 is 0 Å². The van der Waals surface area contributed by atoms with Gasteiger partial charge in [-0.1, -0.05) is 25.8 Å². The van der Waals surface area contributed by atoms with E-state index in [1.165, 1.54) is 0 Å². The second-order valence-corrected chi connectivity index (χ2v) is 6.21. The minimum absolute atomic E-state index is 0.0141. The molecule has 1 saturated carbocycles. The number of unbranched alkanes of at least 4 members (excludes halogenated alkanes) is 2. The third kappa shape index (κ3) is 6.36. The Kier molecular flexibility index (Phi) is 6.52. The van der Waals surface area contributed by atoms with Crippen LogP contribution in [0.3, 0.4) is 0 Å². The van der Waals surface area contributed by atoms with Gasteiger partial charge in [0.25, 0.3) is 0 Å². The summed E-state index contributed by atoms with van der Waals surface area (Å²) in [6, 6.07) is 7.29. The van der Waals surface area contributed by atoms with Crippen molar-refractivity contribution in [3.63, 3.8) is 0 Å².